The first kappa shape index (κ1) is 12.0. The van der Waals surface area contributed by atoms with Crippen LogP contribution in [-0.4, -0.2) is 64.9 Å². The number of nitrogens with zero attached hydrogens (tertiary/aromatic N) is 3. The minimum Gasteiger partial charge on any atom is -0.379 e. The van der Waals surface area contributed by atoms with Crippen molar-refractivity contribution >= 4 is 5.91 Å². The minimum atomic E-state index is -0.219. The van der Waals surface area contributed by atoms with Gasteiger partial charge in [0, 0.05) is 25.7 Å². The molecule has 1 aromatic rings. The number of hydrogen-bond acceptors (Lipinski definition) is 5. The number of amides is 1. The van der Waals surface area contributed by atoms with Gasteiger partial charge in [-0.1, -0.05) is 0 Å². The lowest BCUT2D eigenvalue weighted by atomic mass is 10.3. The second-order valence-corrected chi connectivity index (χ2v) is 4.12. The Labute approximate surface area is 99.5 Å². The third kappa shape index (κ3) is 3.50. The summed E-state index contributed by atoms with van der Waals surface area (Å²) in [7, 11) is 0. The van der Waals surface area contributed by atoms with E-state index in [0.717, 1.165) is 32.8 Å². The normalized spacial score (nSPS) is 18.9. The second kappa shape index (κ2) is 5.74. The van der Waals surface area contributed by atoms with Gasteiger partial charge in [0.2, 0.25) is 5.82 Å². The summed E-state index contributed by atoms with van der Waals surface area (Å²) >= 11 is 0. The van der Waals surface area contributed by atoms with Gasteiger partial charge < -0.3 is 10.1 Å². The standard InChI is InChI=1S/C10H17N5O2/c1-8(6-15-2-4-17-5-3-15)13-10(16)9-11-7-12-14-9/h7-8H,2-6H2,1H3,(H,13,16)(H,11,12,14). The third-order valence-corrected chi connectivity index (χ3v) is 2.64. The van der Waals surface area contributed by atoms with Gasteiger partial charge in [0.25, 0.3) is 5.91 Å². The molecular weight excluding hydrogens is 222 g/mol. The van der Waals surface area contributed by atoms with Crippen LogP contribution in [0.3, 0.4) is 0 Å². The van der Waals surface area contributed by atoms with Gasteiger partial charge in [-0.05, 0) is 6.92 Å². The summed E-state index contributed by atoms with van der Waals surface area (Å²) in [6, 6.07) is 0.0747. The van der Waals surface area contributed by atoms with Gasteiger partial charge in [0.05, 0.1) is 13.2 Å². The van der Waals surface area contributed by atoms with E-state index in [1.165, 1.54) is 6.33 Å². The smallest absolute Gasteiger partial charge is 0.288 e. The minimum absolute atomic E-state index is 0.0747. The molecule has 7 heteroatoms. The molecule has 0 aliphatic carbocycles. The van der Waals surface area contributed by atoms with Crippen LogP contribution >= 0.6 is 0 Å². The molecule has 94 valence electrons. The average Bonchev–Trinajstić information content (AvgIpc) is 2.83. The number of aromatic amines is 1. The zero-order chi connectivity index (χ0) is 12.1. The van der Waals surface area contributed by atoms with Crippen molar-refractivity contribution in [3.05, 3.63) is 12.2 Å². The average molecular weight is 239 g/mol. The number of carbonyl (C=O) groups excluding carboxylic acids is 1. The number of rotatable bonds is 4. The zero-order valence-corrected chi connectivity index (χ0v) is 9.85. The quantitative estimate of drug-likeness (QED) is 0.722. The Morgan fingerprint density at radius 2 is 2.41 bits per heavy atom. The molecule has 1 saturated heterocycles. The van der Waals surface area contributed by atoms with Gasteiger partial charge >= 0.3 is 0 Å². The number of nitrogens with one attached hydrogen (secondary N) is 2. The molecule has 1 aliphatic rings. The molecule has 0 bridgehead atoms. The van der Waals surface area contributed by atoms with Crippen molar-refractivity contribution in [2.24, 2.45) is 0 Å². The van der Waals surface area contributed by atoms with Crippen LogP contribution < -0.4 is 5.32 Å². The molecule has 7 nitrogen and oxygen atoms in total. The highest BCUT2D eigenvalue weighted by Gasteiger charge is 2.16. The number of H-pyrrole nitrogens is 1. The predicted molar refractivity (Wildman–Crippen MR) is 60.6 cm³/mol. The Balaban J connectivity index is 1.76. The van der Waals surface area contributed by atoms with Crippen LogP contribution in [-0.2, 0) is 4.74 Å². The molecule has 1 fully saturated rings. The largest absolute Gasteiger partial charge is 0.379 e. The molecule has 1 unspecified atom stereocenters. The lowest BCUT2D eigenvalue weighted by Gasteiger charge is -2.29. The topological polar surface area (TPSA) is 83.1 Å². The van der Waals surface area contributed by atoms with E-state index in [4.69, 9.17) is 4.74 Å². The third-order valence-electron chi connectivity index (χ3n) is 2.64. The van der Waals surface area contributed by atoms with Crippen molar-refractivity contribution in [1.29, 1.82) is 0 Å². The van der Waals surface area contributed by atoms with Crippen molar-refractivity contribution < 1.29 is 9.53 Å². The SMILES string of the molecule is CC(CN1CCOCC1)NC(=O)c1ncn[nH]1. The van der Waals surface area contributed by atoms with E-state index in [9.17, 15) is 4.79 Å². The first-order valence-corrected chi connectivity index (χ1v) is 5.72. The predicted octanol–water partition coefficient (Wildman–Crippen LogP) is -0.745. The molecule has 1 aliphatic heterocycles. The van der Waals surface area contributed by atoms with Gasteiger partial charge in [0.15, 0.2) is 0 Å². The Morgan fingerprint density at radius 3 is 3.06 bits per heavy atom. The van der Waals surface area contributed by atoms with Gasteiger partial charge in [-0.3, -0.25) is 14.8 Å². The molecule has 2 rings (SSSR count). The van der Waals surface area contributed by atoms with Crippen LogP contribution in [0.4, 0.5) is 0 Å². The first-order chi connectivity index (χ1) is 8.25. The Kier molecular flexibility index (Phi) is 4.05. The fraction of sp³-hybridized carbons (Fsp3) is 0.700. The molecule has 1 atom stereocenters. The van der Waals surface area contributed by atoms with Crippen LogP contribution in [0.2, 0.25) is 0 Å². The highest BCUT2D eigenvalue weighted by Crippen LogP contribution is 1.99. The molecule has 1 amide bonds. The summed E-state index contributed by atoms with van der Waals surface area (Å²) in [6.45, 7) is 6.17. The fourth-order valence-electron chi connectivity index (χ4n) is 1.82. The van der Waals surface area contributed by atoms with Crippen molar-refractivity contribution in [3.8, 4) is 0 Å². The van der Waals surface area contributed by atoms with Crippen LogP contribution in [0.1, 0.15) is 17.5 Å². The van der Waals surface area contributed by atoms with E-state index >= 15 is 0 Å². The van der Waals surface area contributed by atoms with E-state index in [1.54, 1.807) is 0 Å². The number of aromatic nitrogens is 3. The zero-order valence-electron chi connectivity index (χ0n) is 9.85. The highest BCUT2D eigenvalue weighted by molar-refractivity contribution is 5.90. The van der Waals surface area contributed by atoms with Crippen molar-refractivity contribution in [1.82, 2.24) is 25.4 Å². The Morgan fingerprint density at radius 1 is 1.65 bits per heavy atom. The van der Waals surface area contributed by atoms with Crippen LogP contribution in [0.15, 0.2) is 6.33 Å². The van der Waals surface area contributed by atoms with E-state index in [0.29, 0.717) is 0 Å². The van der Waals surface area contributed by atoms with Gasteiger partial charge in [-0.2, -0.15) is 5.10 Å². The van der Waals surface area contributed by atoms with E-state index < -0.39 is 0 Å². The Bertz CT molecular complexity index is 348. The lowest BCUT2D eigenvalue weighted by Crippen LogP contribution is -2.46. The van der Waals surface area contributed by atoms with Gasteiger partial charge in [-0.25, -0.2) is 4.98 Å². The van der Waals surface area contributed by atoms with E-state index in [1.807, 2.05) is 6.92 Å². The van der Waals surface area contributed by atoms with Crippen LogP contribution in [0.5, 0.6) is 0 Å². The van der Waals surface area contributed by atoms with E-state index in [-0.39, 0.29) is 17.8 Å². The van der Waals surface area contributed by atoms with E-state index in [2.05, 4.69) is 25.4 Å². The summed E-state index contributed by atoms with van der Waals surface area (Å²) in [5.41, 5.74) is 0. The number of morpholine rings is 1. The first-order valence-electron chi connectivity index (χ1n) is 5.72. The number of carbonyl (C=O) groups is 1. The summed E-state index contributed by atoms with van der Waals surface area (Å²) < 4.78 is 5.27. The molecule has 2 heterocycles. The molecule has 0 aromatic carbocycles. The molecule has 1 aromatic heterocycles. The fourth-order valence-corrected chi connectivity index (χ4v) is 1.82. The molecule has 0 saturated carbocycles. The summed E-state index contributed by atoms with van der Waals surface area (Å²) in [5.74, 6) is 0.0297. The summed E-state index contributed by atoms with van der Waals surface area (Å²) in [6.07, 6.45) is 1.32. The summed E-state index contributed by atoms with van der Waals surface area (Å²) in [5, 5.41) is 9.06. The van der Waals surface area contributed by atoms with Gasteiger partial charge in [-0.15, -0.1) is 0 Å². The maximum Gasteiger partial charge on any atom is 0.288 e. The number of ether oxygens (including phenoxy) is 1. The molecule has 2 N–H and O–H groups in total. The molecule has 0 radical (unpaired) electrons. The van der Waals surface area contributed by atoms with Gasteiger partial charge in [0.1, 0.15) is 6.33 Å². The Hall–Kier alpha value is -1.47. The lowest BCUT2D eigenvalue weighted by molar-refractivity contribution is 0.0342. The van der Waals surface area contributed by atoms with Crippen molar-refractivity contribution in [3.63, 3.8) is 0 Å². The van der Waals surface area contributed by atoms with Crippen molar-refractivity contribution in [2.75, 3.05) is 32.8 Å². The molecule has 17 heavy (non-hydrogen) atoms. The number of hydrogen-bond donors (Lipinski definition) is 2. The van der Waals surface area contributed by atoms with Crippen LogP contribution in [0, 0.1) is 0 Å². The maximum absolute atomic E-state index is 11.7. The maximum atomic E-state index is 11.7. The molecular formula is C10H17N5O2. The highest BCUT2D eigenvalue weighted by atomic mass is 16.5. The summed E-state index contributed by atoms with van der Waals surface area (Å²) in [4.78, 5) is 17.7. The second-order valence-electron chi connectivity index (χ2n) is 4.12. The van der Waals surface area contributed by atoms with Crippen LogP contribution in [0.25, 0.3) is 0 Å². The monoisotopic (exact) mass is 239 g/mol. The van der Waals surface area contributed by atoms with Crippen molar-refractivity contribution in [2.45, 2.75) is 13.0 Å². The molecule has 0 spiro atoms.